The van der Waals surface area contributed by atoms with Crippen LogP contribution in [0.15, 0.2) is 48.5 Å². The van der Waals surface area contributed by atoms with E-state index in [1.54, 1.807) is 18.4 Å². The van der Waals surface area contributed by atoms with E-state index in [-0.39, 0.29) is 11.9 Å². The number of piperidine rings is 1. The number of thiazole rings is 1. The second-order valence-corrected chi connectivity index (χ2v) is 8.66. The summed E-state index contributed by atoms with van der Waals surface area (Å²) in [6, 6.07) is 15.9. The molecule has 0 saturated carbocycles. The van der Waals surface area contributed by atoms with Crippen LogP contribution in [0.2, 0.25) is 0 Å². The molecule has 1 N–H and O–H groups in total. The molecule has 0 bridgehead atoms. The van der Waals surface area contributed by atoms with Crippen molar-refractivity contribution >= 4 is 27.5 Å². The zero-order valence-corrected chi connectivity index (χ0v) is 17.7. The lowest BCUT2D eigenvalue weighted by Crippen LogP contribution is -2.48. The number of fused-ring (bicyclic) bond motifs is 1. The topological polar surface area (TPSA) is 54.5 Å². The predicted molar refractivity (Wildman–Crippen MR) is 117 cm³/mol. The molecule has 0 spiro atoms. The van der Waals surface area contributed by atoms with Crippen LogP contribution in [0.5, 0.6) is 5.75 Å². The van der Waals surface area contributed by atoms with Crippen LogP contribution in [0.25, 0.3) is 10.2 Å². The molecule has 152 valence electrons. The molecule has 1 aliphatic rings. The summed E-state index contributed by atoms with van der Waals surface area (Å²) in [5, 5.41) is 4.27. The summed E-state index contributed by atoms with van der Waals surface area (Å²) in [6.45, 7) is 4.38. The number of nitrogens with one attached hydrogen (secondary N) is 1. The standard InChI is InChI=1S/C23H27N3O2S/c1-16(22(27)24-14-17-9-11-19(28-2)12-10-17)26-13-5-6-18(15-26)23-25-20-7-3-4-8-21(20)29-23/h3-4,7-12,16,18H,5-6,13-15H2,1-2H3,(H,24,27)/t16-,18-/m0/s1. The van der Waals surface area contributed by atoms with Crippen LogP contribution in [0.1, 0.15) is 36.3 Å². The number of aromatic nitrogens is 1. The Bertz CT molecular complexity index is 937. The third kappa shape index (κ3) is 4.60. The second-order valence-electron chi connectivity index (χ2n) is 7.60. The van der Waals surface area contributed by atoms with Gasteiger partial charge >= 0.3 is 0 Å². The van der Waals surface area contributed by atoms with Crippen LogP contribution in [-0.2, 0) is 11.3 Å². The van der Waals surface area contributed by atoms with E-state index in [2.05, 4.69) is 28.4 Å². The summed E-state index contributed by atoms with van der Waals surface area (Å²) in [5.74, 6) is 1.30. The molecule has 2 heterocycles. The van der Waals surface area contributed by atoms with Crippen LogP contribution in [0.3, 0.4) is 0 Å². The molecule has 2 aromatic carbocycles. The minimum atomic E-state index is -0.148. The first-order valence-electron chi connectivity index (χ1n) is 10.1. The number of nitrogens with zero attached hydrogens (tertiary/aromatic N) is 2. The van der Waals surface area contributed by atoms with Crippen LogP contribution in [0, 0.1) is 0 Å². The molecular weight excluding hydrogens is 382 g/mol. The monoisotopic (exact) mass is 409 g/mol. The minimum absolute atomic E-state index is 0.0748. The molecule has 29 heavy (non-hydrogen) atoms. The molecule has 1 fully saturated rings. The number of amides is 1. The Kier molecular flexibility index (Phi) is 6.11. The van der Waals surface area contributed by atoms with Gasteiger partial charge in [0.15, 0.2) is 0 Å². The maximum absolute atomic E-state index is 12.7. The van der Waals surface area contributed by atoms with Gasteiger partial charge in [0.1, 0.15) is 5.75 Å². The van der Waals surface area contributed by atoms with Gasteiger partial charge in [0.05, 0.1) is 28.4 Å². The van der Waals surface area contributed by atoms with Gasteiger partial charge in [-0.1, -0.05) is 24.3 Å². The number of ether oxygens (including phenoxy) is 1. The van der Waals surface area contributed by atoms with Gasteiger partial charge in [-0.3, -0.25) is 9.69 Å². The Morgan fingerprint density at radius 1 is 1.28 bits per heavy atom. The Hall–Kier alpha value is -2.44. The largest absolute Gasteiger partial charge is 0.497 e. The first-order chi connectivity index (χ1) is 14.1. The van der Waals surface area contributed by atoms with Gasteiger partial charge < -0.3 is 10.1 Å². The smallest absolute Gasteiger partial charge is 0.237 e. The van der Waals surface area contributed by atoms with E-state index >= 15 is 0 Å². The normalized spacial score (nSPS) is 18.5. The van der Waals surface area contributed by atoms with E-state index in [1.807, 2.05) is 37.3 Å². The summed E-state index contributed by atoms with van der Waals surface area (Å²) in [4.78, 5) is 19.9. The first kappa shape index (κ1) is 19.9. The number of hydrogen-bond acceptors (Lipinski definition) is 5. The van der Waals surface area contributed by atoms with Crippen LogP contribution in [0.4, 0.5) is 0 Å². The number of rotatable bonds is 6. The number of carbonyl (C=O) groups excluding carboxylic acids is 1. The molecule has 0 radical (unpaired) electrons. The molecule has 0 aliphatic carbocycles. The molecule has 1 saturated heterocycles. The number of para-hydroxylation sites is 1. The van der Waals surface area contributed by atoms with Gasteiger partial charge in [-0.05, 0) is 56.1 Å². The molecule has 1 aromatic heterocycles. The number of benzene rings is 2. The van der Waals surface area contributed by atoms with Crippen molar-refractivity contribution in [3.8, 4) is 5.75 Å². The van der Waals surface area contributed by atoms with E-state index in [0.29, 0.717) is 12.5 Å². The van der Waals surface area contributed by atoms with Gasteiger partial charge in [0.25, 0.3) is 0 Å². The van der Waals surface area contributed by atoms with E-state index in [9.17, 15) is 4.79 Å². The van der Waals surface area contributed by atoms with E-state index in [1.165, 1.54) is 9.71 Å². The lowest BCUT2D eigenvalue weighted by atomic mass is 9.97. The average Bonchev–Trinajstić information content (AvgIpc) is 3.22. The van der Waals surface area contributed by atoms with Crippen molar-refractivity contribution in [3.63, 3.8) is 0 Å². The molecule has 1 aliphatic heterocycles. The molecular formula is C23H27N3O2S. The number of hydrogen-bond donors (Lipinski definition) is 1. The SMILES string of the molecule is COc1ccc(CNC(=O)[C@H](C)N2CCC[C@H](c3nc4ccccc4s3)C2)cc1. The highest BCUT2D eigenvalue weighted by Gasteiger charge is 2.29. The average molecular weight is 410 g/mol. The highest BCUT2D eigenvalue weighted by molar-refractivity contribution is 7.18. The second kappa shape index (κ2) is 8.93. The minimum Gasteiger partial charge on any atom is -0.497 e. The maximum atomic E-state index is 12.7. The van der Waals surface area contributed by atoms with Crippen molar-refractivity contribution in [2.45, 2.75) is 38.3 Å². The highest BCUT2D eigenvalue weighted by atomic mass is 32.1. The highest BCUT2D eigenvalue weighted by Crippen LogP contribution is 2.33. The summed E-state index contributed by atoms with van der Waals surface area (Å²) < 4.78 is 6.42. The summed E-state index contributed by atoms with van der Waals surface area (Å²) >= 11 is 1.79. The van der Waals surface area contributed by atoms with Crippen LogP contribution >= 0.6 is 11.3 Å². The summed E-state index contributed by atoms with van der Waals surface area (Å²) in [5.41, 5.74) is 2.15. The molecule has 0 unspecified atom stereocenters. The number of carbonyl (C=O) groups is 1. The third-order valence-electron chi connectivity index (χ3n) is 5.67. The fourth-order valence-electron chi connectivity index (χ4n) is 3.87. The molecule has 2 atom stereocenters. The molecule has 3 aromatic rings. The maximum Gasteiger partial charge on any atom is 0.237 e. The zero-order valence-electron chi connectivity index (χ0n) is 16.9. The van der Waals surface area contributed by atoms with Crippen molar-refractivity contribution < 1.29 is 9.53 Å². The Morgan fingerprint density at radius 3 is 2.83 bits per heavy atom. The Balaban J connectivity index is 1.35. The first-order valence-corrected chi connectivity index (χ1v) is 11.0. The van der Waals surface area contributed by atoms with E-state index in [4.69, 9.17) is 9.72 Å². The molecule has 4 rings (SSSR count). The number of likely N-dealkylation sites (tertiary alicyclic amines) is 1. The molecule has 1 amide bonds. The van der Waals surface area contributed by atoms with Crippen LogP contribution in [-0.4, -0.2) is 42.0 Å². The van der Waals surface area contributed by atoms with Crippen LogP contribution < -0.4 is 10.1 Å². The van der Waals surface area contributed by atoms with Gasteiger partial charge in [-0.25, -0.2) is 4.98 Å². The van der Waals surface area contributed by atoms with Crippen molar-refractivity contribution in [3.05, 3.63) is 59.1 Å². The lowest BCUT2D eigenvalue weighted by Gasteiger charge is -2.35. The Labute approximate surface area is 175 Å². The predicted octanol–water partition coefficient (Wildman–Crippen LogP) is 4.19. The fourth-order valence-corrected chi connectivity index (χ4v) is 4.96. The third-order valence-corrected chi connectivity index (χ3v) is 6.86. The zero-order chi connectivity index (χ0) is 20.2. The van der Waals surface area contributed by atoms with Gasteiger partial charge in [-0.15, -0.1) is 11.3 Å². The van der Waals surface area contributed by atoms with Crippen molar-refractivity contribution in [1.29, 1.82) is 0 Å². The van der Waals surface area contributed by atoms with E-state index < -0.39 is 0 Å². The van der Waals surface area contributed by atoms with E-state index in [0.717, 1.165) is 42.8 Å². The van der Waals surface area contributed by atoms with Gasteiger partial charge in [0, 0.05) is 19.0 Å². The van der Waals surface area contributed by atoms with Gasteiger partial charge in [0.2, 0.25) is 5.91 Å². The van der Waals surface area contributed by atoms with Crippen molar-refractivity contribution in [2.75, 3.05) is 20.2 Å². The molecule has 6 heteroatoms. The molecule has 5 nitrogen and oxygen atoms in total. The van der Waals surface area contributed by atoms with Gasteiger partial charge in [-0.2, -0.15) is 0 Å². The quantitative estimate of drug-likeness (QED) is 0.663. The fraction of sp³-hybridized carbons (Fsp3) is 0.391. The summed E-state index contributed by atoms with van der Waals surface area (Å²) in [7, 11) is 1.65. The number of methoxy groups -OCH3 is 1. The summed E-state index contributed by atoms with van der Waals surface area (Å²) in [6.07, 6.45) is 2.23. The van der Waals surface area contributed by atoms with Crippen molar-refractivity contribution in [1.82, 2.24) is 15.2 Å². The lowest BCUT2D eigenvalue weighted by molar-refractivity contribution is -0.126. The van der Waals surface area contributed by atoms with Crippen molar-refractivity contribution in [2.24, 2.45) is 0 Å². The Morgan fingerprint density at radius 2 is 2.07 bits per heavy atom.